The minimum Gasteiger partial charge on any atom is -0.390 e. The molecule has 0 aromatic rings. The van der Waals surface area contributed by atoms with Crippen LogP contribution in [0.2, 0.25) is 0 Å². The summed E-state index contributed by atoms with van der Waals surface area (Å²) in [5.74, 6) is 1.51. The van der Waals surface area contributed by atoms with Gasteiger partial charge in [0.1, 0.15) is 0 Å². The first-order valence-corrected chi connectivity index (χ1v) is 9.61. The van der Waals surface area contributed by atoms with Crippen molar-refractivity contribution in [3.8, 4) is 0 Å². The first-order chi connectivity index (χ1) is 10.5. The molecule has 4 saturated carbocycles. The zero-order chi connectivity index (χ0) is 16.8. The average molecular weight is 322 g/mol. The lowest BCUT2D eigenvalue weighted by Crippen LogP contribution is -2.63. The van der Waals surface area contributed by atoms with Gasteiger partial charge in [0, 0.05) is 0 Å². The van der Waals surface area contributed by atoms with E-state index in [1.165, 1.54) is 19.3 Å². The highest BCUT2D eigenvalue weighted by atomic mass is 16.3. The molecular weight excluding hydrogens is 288 g/mol. The molecule has 0 aromatic heterocycles. The minimum atomic E-state index is -0.613. The van der Waals surface area contributed by atoms with Crippen LogP contribution in [0.3, 0.4) is 0 Å². The lowest BCUT2D eigenvalue weighted by atomic mass is 9.40. The molecule has 4 aliphatic rings. The molecule has 23 heavy (non-hydrogen) atoms. The Bertz CT molecular complexity index is 513. The fraction of sp³-hybridized carbons (Fsp3) is 1.00. The largest absolute Gasteiger partial charge is 0.390 e. The molecule has 2 bridgehead atoms. The van der Waals surface area contributed by atoms with E-state index in [4.69, 9.17) is 0 Å². The van der Waals surface area contributed by atoms with E-state index in [1.807, 2.05) is 6.92 Å². The third-order valence-corrected chi connectivity index (χ3v) is 8.98. The predicted molar refractivity (Wildman–Crippen MR) is 89.7 cm³/mol. The van der Waals surface area contributed by atoms with E-state index in [0.717, 1.165) is 25.7 Å². The maximum Gasteiger partial charge on any atom is 0.0852 e. The van der Waals surface area contributed by atoms with Crippen LogP contribution < -0.4 is 0 Å². The molecule has 0 heterocycles. The first kappa shape index (κ1) is 16.4. The van der Waals surface area contributed by atoms with Crippen LogP contribution in [0.25, 0.3) is 0 Å². The van der Waals surface area contributed by atoms with Crippen LogP contribution in [-0.2, 0) is 0 Å². The van der Waals surface area contributed by atoms with Gasteiger partial charge in [0.2, 0.25) is 0 Å². The van der Waals surface area contributed by atoms with Crippen molar-refractivity contribution in [1.82, 2.24) is 0 Å². The summed E-state index contributed by atoms with van der Waals surface area (Å²) in [7, 11) is 0. The smallest absolute Gasteiger partial charge is 0.0852 e. The number of aliphatic hydroxyl groups is 3. The highest BCUT2D eigenvalue weighted by molar-refractivity contribution is 5.17. The van der Waals surface area contributed by atoms with Crippen LogP contribution in [-0.4, -0.2) is 33.1 Å². The van der Waals surface area contributed by atoms with E-state index in [1.54, 1.807) is 0 Å². The highest BCUT2D eigenvalue weighted by Crippen LogP contribution is 2.72. The Morgan fingerprint density at radius 3 is 2.26 bits per heavy atom. The van der Waals surface area contributed by atoms with Gasteiger partial charge >= 0.3 is 0 Å². The molecule has 3 heteroatoms. The van der Waals surface area contributed by atoms with Crippen molar-refractivity contribution in [3.63, 3.8) is 0 Å². The summed E-state index contributed by atoms with van der Waals surface area (Å²) in [4.78, 5) is 0. The Morgan fingerprint density at radius 2 is 1.57 bits per heavy atom. The third-order valence-electron chi connectivity index (χ3n) is 8.98. The van der Waals surface area contributed by atoms with Crippen LogP contribution in [0, 0.1) is 34.0 Å². The number of fused-ring (bicyclic) bond motifs is 3. The summed E-state index contributed by atoms with van der Waals surface area (Å²) in [6.07, 6.45) is 6.25. The third kappa shape index (κ3) is 1.93. The molecule has 4 fully saturated rings. The van der Waals surface area contributed by atoms with Gasteiger partial charge in [0.05, 0.1) is 17.8 Å². The summed E-state index contributed by atoms with van der Waals surface area (Å²) in [6, 6.07) is 0. The molecule has 3 N–H and O–H groups in total. The van der Waals surface area contributed by atoms with Crippen molar-refractivity contribution in [1.29, 1.82) is 0 Å². The van der Waals surface area contributed by atoms with E-state index >= 15 is 0 Å². The van der Waals surface area contributed by atoms with Gasteiger partial charge in [0.15, 0.2) is 0 Å². The van der Waals surface area contributed by atoms with Crippen LogP contribution in [0.1, 0.15) is 72.6 Å². The van der Waals surface area contributed by atoms with E-state index in [0.29, 0.717) is 17.8 Å². The van der Waals surface area contributed by atoms with Crippen LogP contribution in [0.4, 0.5) is 0 Å². The predicted octanol–water partition coefficient (Wildman–Crippen LogP) is 3.11. The van der Waals surface area contributed by atoms with Gasteiger partial charge in [-0.1, -0.05) is 20.8 Å². The van der Waals surface area contributed by atoms with Crippen molar-refractivity contribution in [2.45, 2.75) is 90.4 Å². The summed E-state index contributed by atoms with van der Waals surface area (Å²) < 4.78 is 0. The molecule has 0 radical (unpaired) electrons. The van der Waals surface area contributed by atoms with E-state index in [2.05, 4.69) is 20.8 Å². The summed E-state index contributed by atoms with van der Waals surface area (Å²) in [5, 5.41) is 32.0. The zero-order valence-corrected chi connectivity index (χ0v) is 15.2. The molecule has 0 amide bonds. The lowest BCUT2D eigenvalue weighted by Gasteiger charge is -2.65. The maximum absolute atomic E-state index is 10.9. The molecule has 0 aromatic carbocycles. The van der Waals surface area contributed by atoms with E-state index in [9.17, 15) is 15.3 Å². The molecule has 132 valence electrons. The SMILES string of the molecule is CC1(O)CC23CCC4C(C)(C)C(O)C(O)CC4(C)C2CCC1C3. The van der Waals surface area contributed by atoms with Crippen LogP contribution in [0.5, 0.6) is 0 Å². The number of hydrogen-bond acceptors (Lipinski definition) is 3. The van der Waals surface area contributed by atoms with Crippen molar-refractivity contribution >= 4 is 0 Å². The second kappa shape index (κ2) is 4.53. The van der Waals surface area contributed by atoms with Crippen molar-refractivity contribution in [3.05, 3.63) is 0 Å². The van der Waals surface area contributed by atoms with Gasteiger partial charge < -0.3 is 15.3 Å². The lowest BCUT2D eigenvalue weighted by molar-refractivity contribution is -0.217. The van der Waals surface area contributed by atoms with Gasteiger partial charge in [-0.2, -0.15) is 0 Å². The monoisotopic (exact) mass is 322 g/mol. The van der Waals surface area contributed by atoms with Gasteiger partial charge in [0.25, 0.3) is 0 Å². The number of rotatable bonds is 0. The van der Waals surface area contributed by atoms with Gasteiger partial charge in [-0.05, 0) is 85.9 Å². The second-order valence-electron chi connectivity index (χ2n) is 10.6. The Balaban J connectivity index is 1.75. The Kier molecular flexibility index (Phi) is 3.22. The molecule has 3 nitrogen and oxygen atoms in total. The quantitative estimate of drug-likeness (QED) is 0.642. The minimum absolute atomic E-state index is 0.0891. The maximum atomic E-state index is 10.9. The van der Waals surface area contributed by atoms with Crippen molar-refractivity contribution < 1.29 is 15.3 Å². The fourth-order valence-electron chi connectivity index (χ4n) is 8.16. The topological polar surface area (TPSA) is 60.7 Å². The zero-order valence-electron chi connectivity index (χ0n) is 15.2. The molecule has 4 rings (SSSR count). The molecule has 8 atom stereocenters. The summed E-state index contributed by atoms with van der Waals surface area (Å²) in [5.41, 5.74) is -0.367. The Labute approximate surface area is 140 Å². The summed E-state index contributed by atoms with van der Waals surface area (Å²) in [6.45, 7) is 8.73. The van der Waals surface area contributed by atoms with Crippen LogP contribution >= 0.6 is 0 Å². The second-order valence-corrected chi connectivity index (χ2v) is 10.6. The molecule has 4 aliphatic carbocycles. The van der Waals surface area contributed by atoms with E-state index in [-0.39, 0.29) is 16.2 Å². The normalized spacial score (nSPS) is 60.9. The van der Waals surface area contributed by atoms with Gasteiger partial charge in [-0.15, -0.1) is 0 Å². The number of hydrogen-bond donors (Lipinski definition) is 3. The van der Waals surface area contributed by atoms with Crippen molar-refractivity contribution in [2.75, 3.05) is 0 Å². The average Bonchev–Trinajstić information content (AvgIpc) is 2.61. The molecular formula is C20H34O3. The molecule has 1 spiro atoms. The number of aliphatic hydroxyl groups excluding tert-OH is 2. The molecule has 8 unspecified atom stereocenters. The van der Waals surface area contributed by atoms with E-state index < -0.39 is 17.8 Å². The molecule has 0 aliphatic heterocycles. The molecule has 0 saturated heterocycles. The van der Waals surface area contributed by atoms with Gasteiger partial charge in [-0.3, -0.25) is 0 Å². The standard InChI is InChI=1S/C20H34O3/c1-17(2)14-7-8-20-9-12(19(4,23)11-20)5-6-15(20)18(14,3)10-13(21)16(17)22/h12-16,21-23H,5-11H2,1-4H3. The first-order valence-electron chi connectivity index (χ1n) is 9.61. The van der Waals surface area contributed by atoms with Gasteiger partial charge in [-0.25, -0.2) is 0 Å². The fourth-order valence-corrected chi connectivity index (χ4v) is 8.16. The highest BCUT2D eigenvalue weighted by Gasteiger charge is 2.68. The summed E-state index contributed by atoms with van der Waals surface area (Å²) >= 11 is 0. The van der Waals surface area contributed by atoms with Crippen molar-refractivity contribution in [2.24, 2.45) is 34.0 Å². The van der Waals surface area contributed by atoms with Crippen LogP contribution in [0.15, 0.2) is 0 Å². The Morgan fingerprint density at radius 1 is 0.870 bits per heavy atom. The Hall–Kier alpha value is -0.120.